The molecule has 4 N–H and O–H groups in total. The van der Waals surface area contributed by atoms with Crippen LogP contribution in [0.1, 0.15) is 10.4 Å². The molecule has 6 nitrogen and oxygen atoms in total. The number of aromatic carboxylic acids is 1. The topological polar surface area (TPSA) is 118 Å². The van der Waals surface area contributed by atoms with Crippen LogP contribution in [0.2, 0.25) is 0 Å². The van der Waals surface area contributed by atoms with Crippen molar-refractivity contribution in [1.29, 1.82) is 0 Å². The molecule has 94 valence electrons. The van der Waals surface area contributed by atoms with E-state index in [1.165, 1.54) is 24.3 Å². The molecule has 0 fully saturated rings. The summed E-state index contributed by atoms with van der Waals surface area (Å²) in [7, 11) is -4.41. The molecule has 0 aromatic heterocycles. The predicted octanol–water partition coefficient (Wildman–Crippen LogP) is 1.37. The molecular weight excluding hydrogens is 258 g/mol. The summed E-state index contributed by atoms with van der Waals surface area (Å²) in [5.74, 6) is -1.17. The first-order chi connectivity index (χ1) is 8.30. The highest BCUT2D eigenvalue weighted by Gasteiger charge is 2.17. The molecule has 18 heavy (non-hydrogen) atoms. The zero-order chi connectivity index (χ0) is 13.5. The number of nitrogens with two attached hydrogens (primary N) is 1. The van der Waals surface area contributed by atoms with E-state index in [0.29, 0.717) is 5.39 Å². The molecule has 0 saturated heterocycles. The van der Waals surface area contributed by atoms with Gasteiger partial charge in [0.2, 0.25) is 0 Å². The number of carboxylic acids is 1. The maximum Gasteiger partial charge on any atom is 0.335 e. The minimum atomic E-state index is -4.41. The van der Waals surface area contributed by atoms with Crippen molar-refractivity contribution in [1.82, 2.24) is 0 Å². The Morgan fingerprint density at radius 3 is 2.44 bits per heavy atom. The Labute approximate surface area is 102 Å². The normalized spacial score (nSPS) is 11.6. The lowest BCUT2D eigenvalue weighted by atomic mass is 10.1. The van der Waals surface area contributed by atoms with Crippen LogP contribution in [0.15, 0.2) is 35.2 Å². The van der Waals surface area contributed by atoms with Crippen LogP contribution in [0.4, 0.5) is 5.69 Å². The third kappa shape index (κ3) is 2.01. The molecule has 0 heterocycles. The Bertz CT molecular complexity index is 751. The van der Waals surface area contributed by atoms with E-state index in [-0.39, 0.29) is 21.5 Å². The van der Waals surface area contributed by atoms with Gasteiger partial charge < -0.3 is 10.8 Å². The van der Waals surface area contributed by atoms with Gasteiger partial charge in [-0.3, -0.25) is 4.55 Å². The van der Waals surface area contributed by atoms with Crippen molar-refractivity contribution in [3.8, 4) is 0 Å². The SMILES string of the molecule is Nc1cc(C(=O)O)cc2cccc(S(=O)(=O)O)c12. The molecule has 0 aliphatic carbocycles. The smallest absolute Gasteiger partial charge is 0.335 e. The van der Waals surface area contributed by atoms with Crippen LogP contribution in [-0.4, -0.2) is 24.0 Å². The number of carboxylic acid groups (broad SMARTS) is 1. The van der Waals surface area contributed by atoms with Crippen LogP contribution in [0, 0.1) is 0 Å². The van der Waals surface area contributed by atoms with Crippen LogP contribution >= 0.6 is 0 Å². The number of anilines is 1. The summed E-state index contributed by atoms with van der Waals surface area (Å²) < 4.78 is 31.5. The molecule has 0 unspecified atom stereocenters. The quantitative estimate of drug-likeness (QED) is 0.558. The van der Waals surface area contributed by atoms with Gasteiger partial charge in [0.25, 0.3) is 10.1 Å². The van der Waals surface area contributed by atoms with E-state index in [2.05, 4.69) is 0 Å². The van der Waals surface area contributed by atoms with E-state index in [4.69, 9.17) is 15.4 Å². The summed E-state index contributed by atoms with van der Waals surface area (Å²) in [5.41, 5.74) is 5.59. The van der Waals surface area contributed by atoms with Gasteiger partial charge in [0.1, 0.15) is 4.90 Å². The van der Waals surface area contributed by atoms with Crippen LogP contribution in [-0.2, 0) is 10.1 Å². The Hall–Kier alpha value is -2.12. The maximum atomic E-state index is 11.2. The Morgan fingerprint density at radius 2 is 1.89 bits per heavy atom. The predicted molar refractivity (Wildman–Crippen MR) is 65.1 cm³/mol. The molecule has 0 aliphatic heterocycles. The second kappa shape index (κ2) is 3.97. The first-order valence-corrected chi connectivity index (χ1v) is 6.28. The molecule has 0 spiro atoms. The third-order valence-corrected chi connectivity index (χ3v) is 3.39. The van der Waals surface area contributed by atoms with Gasteiger partial charge in [-0.2, -0.15) is 8.42 Å². The number of fused-ring (bicyclic) bond motifs is 1. The highest BCUT2D eigenvalue weighted by Crippen LogP contribution is 2.29. The zero-order valence-electron chi connectivity index (χ0n) is 8.99. The largest absolute Gasteiger partial charge is 0.478 e. The number of carbonyl (C=O) groups is 1. The average molecular weight is 267 g/mol. The lowest BCUT2D eigenvalue weighted by Crippen LogP contribution is -2.03. The minimum absolute atomic E-state index is 0.0156. The van der Waals surface area contributed by atoms with Crippen LogP contribution in [0.5, 0.6) is 0 Å². The van der Waals surface area contributed by atoms with Crippen molar-refractivity contribution in [2.24, 2.45) is 0 Å². The lowest BCUT2D eigenvalue weighted by molar-refractivity contribution is 0.0697. The van der Waals surface area contributed by atoms with Crippen LogP contribution < -0.4 is 5.73 Å². The molecule has 0 aliphatic rings. The standard InChI is InChI=1S/C11H9NO5S/c12-8-5-7(11(13)14)4-6-2-1-3-9(10(6)8)18(15,16)17/h1-5H,12H2,(H,13,14)(H,15,16,17). The maximum absolute atomic E-state index is 11.2. The van der Waals surface area contributed by atoms with Crippen molar-refractivity contribution in [3.05, 3.63) is 35.9 Å². The van der Waals surface area contributed by atoms with Gasteiger partial charge >= 0.3 is 5.97 Å². The fourth-order valence-electron chi connectivity index (χ4n) is 1.76. The highest BCUT2D eigenvalue weighted by molar-refractivity contribution is 7.86. The number of nitrogen functional groups attached to an aromatic ring is 1. The molecule has 7 heteroatoms. The first kappa shape index (κ1) is 12.3. The summed E-state index contributed by atoms with van der Waals surface area (Å²) in [6.45, 7) is 0. The van der Waals surface area contributed by atoms with E-state index in [1.807, 2.05) is 0 Å². The van der Waals surface area contributed by atoms with Gasteiger partial charge in [-0.1, -0.05) is 12.1 Å². The van der Waals surface area contributed by atoms with Crippen molar-refractivity contribution >= 4 is 32.5 Å². The fourth-order valence-corrected chi connectivity index (χ4v) is 2.51. The first-order valence-electron chi connectivity index (χ1n) is 4.84. The van der Waals surface area contributed by atoms with Gasteiger partial charge in [0.15, 0.2) is 0 Å². The van der Waals surface area contributed by atoms with Crippen LogP contribution in [0.3, 0.4) is 0 Å². The number of hydrogen-bond donors (Lipinski definition) is 3. The van der Waals surface area contributed by atoms with Crippen molar-refractivity contribution in [2.45, 2.75) is 4.90 Å². The van der Waals surface area contributed by atoms with E-state index in [9.17, 15) is 13.2 Å². The van der Waals surface area contributed by atoms with Gasteiger partial charge in [-0.05, 0) is 23.6 Å². The molecule has 0 amide bonds. The summed E-state index contributed by atoms with van der Waals surface area (Å²) >= 11 is 0. The molecule has 2 aromatic rings. The Balaban J connectivity index is 2.92. The Kier molecular flexibility index (Phi) is 2.72. The van der Waals surface area contributed by atoms with Crippen molar-refractivity contribution in [2.75, 3.05) is 5.73 Å². The van der Waals surface area contributed by atoms with E-state index in [1.54, 1.807) is 0 Å². The van der Waals surface area contributed by atoms with Gasteiger partial charge in [0, 0.05) is 11.1 Å². The van der Waals surface area contributed by atoms with Gasteiger partial charge in [-0.25, -0.2) is 4.79 Å². The van der Waals surface area contributed by atoms with Crippen molar-refractivity contribution in [3.63, 3.8) is 0 Å². The summed E-state index contributed by atoms with van der Waals surface area (Å²) in [4.78, 5) is 10.5. The van der Waals surface area contributed by atoms with Crippen molar-refractivity contribution < 1.29 is 22.9 Å². The lowest BCUT2D eigenvalue weighted by Gasteiger charge is -2.08. The molecule has 2 rings (SSSR count). The number of rotatable bonds is 2. The fraction of sp³-hybridized carbons (Fsp3) is 0. The monoisotopic (exact) mass is 267 g/mol. The van der Waals surface area contributed by atoms with Crippen LogP contribution in [0.25, 0.3) is 10.8 Å². The second-order valence-corrected chi connectivity index (χ2v) is 5.09. The number of benzene rings is 2. The average Bonchev–Trinajstić information content (AvgIpc) is 2.26. The summed E-state index contributed by atoms with van der Waals surface area (Å²) in [6.07, 6.45) is 0. The summed E-state index contributed by atoms with van der Waals surface area (Å²) in [6, 6.07) is 6.57. The molecule has 2 aromatic carbocycles. The summed E-state index contributed by atoms with van der Waals surface area (Å²) in [5, 5.41) is 9.33. The highest BCUT2D eigenvalue weighted by atomic mass is 32.2. The molecule has 0 bridgehead atoms. The van der Waals surface area contributed by atoms with E-state index >= 15 is 0 Å². The van der Waals surface area contributed by atoms with Gasteiger partial charge in [-0.15, -0.1) is 0 Å². The molecule has 0 atom stereocenters. The second-order valence-electron chi connectivity index (χ2n) is 3.70. The Morgan fingerprint density at radius 1 is 1.22 bits per heavy atom. The van der Waals surface area contributed by atoms with E-state index < -0.39 is 16.1 Å². The van der Waals surface area contributed by atoms with Gasteiger partial charge in [0.05, 0.1) is 5.56 Å². The third-order valence-electron chi connectivity index (χ3n) is 2.49. The molecule has 0 saturated carbocycles. The zero-order valence-corrected chi connectivity index (χ0v) is 9.81. The molecule has 0 radical (unpaired) electrons. The number of hydrogen-bond acceptors (Lipinski definition) is 4. The molecular formula is C11H9NO5S. The van der Waals surface area contributed by atoms with E-state index in [0.717, 1.165) is 6.07 Å². The minimum Gasteiger partial charge on any atom is -0.478 e.